The third-order valence-electron chi connectivity index (χ3n) is 6.30. The van der Waals surface area contributed by atoms with Crippen molar-refractivity contribution < 1.29 is 4.79 Å². The number of unbranched alkanes of at least 4 members (excludes halogenated alkanes) is 1. The highest BCUT2D eigenvalue weighted by atomic mass is 32.2. The van der Waals surface area contributed by atoms with Crippen LogP contribution in [0, 0.1) is 0 Å². The van der Waals surface area contributed by atoms with Crippen molar-refractivity contribution in [2.75, 3.05) is 5.75 Å². The molecule has 3 aromatic rings. The lowest BCUT2D eigenvalue weighted by molar-refractivity contribution is -0.127. The van der Waals surface area contributed by atoms with E-state index in [1.165, 1.54) is 23.9 Å². The molecule has 2 aliphatic carbocycles. The third kappa shape index (κ3) is 3.96. The van der Waals surface area contributed by atoms with Crippen LogP contribution in [0.4, 0.5) is 0 Å². The van der Waals surface area contributed by atoms with Crippen LogP contribution in [-0.2, 0) is 11.3 Å². The first-order chi connectivity index (χ1) is 15.7. The number of thioether (sulfide) groups is 1. The highest BCUT2D eigenvalue weighted by Crippen LogP contribution is 2.34. The van der Waals surface area contributed by atoms with Crippen LogP contribution in [0.25, 0.3) is 16.7 Å². The van der Waals surface area contributed by atoms with E-state index in [0.29, 0.717) is 34.7 Å². The van der Waals surface area contributed by atoms with Gasteiger partial charge in [-0.25, -0.2) is 0 Å². The summed E-state index contributed by atoms with van der Waals surface area (Å²) in [4.78, 5) is 28.4. The van der Waals surface area contributed by atoms with Gasteiger partial charge in [-0.2, -0.15) is 0 Å². The average molecular weight is 452 g/mol. The van der Waals surface area contributed by atoms with Crippen LogP contribution in [0.1, 0.15) is 58.3 Å². The molecule has 1 fully saturated rings. The molecule has 0 aliphatic heterocycles. The van der Waals surface area contributed by atoms with Crippen molar-refractivity contribution in [3.05, 3.63) is 46.4 Å². The Labute approximate surface area is 191 Å². The van der Waals surface area contributed by atoms with Gasteiger partial charge in [0.05, 0.1) is 16.7 Å². The molecule has 2 aliphatic rings. The van der Waals surface area contributed by atoms with Crippen molar-refractivity contribution in [1.82, 2.24) is 24.1 Å². The Morgan fingerprint density at radius 1 is 1.22 bits per heavy atom. The van der Waals surface area contributed by atoms with Gasteiger partial charge >= 0.3 is 0 Å². The molecule has 1 amide bonds. The summed E-state index contributed by atoms with van der Waals surface area (Å²) in [6.45, 7) is 2.71. The Hall–Kier alpha value is -2.61. The summed E-state index contributed by atoms with van der Waals surface area (Å²) < 4.78 is 3.65. The SMILES string of the molecule is CCCCn1c(=O)c2ccccc2n2c(SCC(=O)N(C3=CCCCC3)C3CC3)nnc12. The molecule has 5 rings (SSSR count). The summed E-state index contributed by atoms with van der Waals surface area (Å²) in [5.74, 6) is 1.01. The predicted octanol–water partition coefficient (Wildman–Crippen LogP) is 4.39. The Bertz CT molecular complexity index is 1240. The van der Waals surface area contributed by atoms with Gasteiger partial charge in [0, 0.05) is 18.3 Å². The fourth-order valence-corrected chi connectivity index (χ4v) is 5.31. The molecule has 8 heteroatoms. The topological polar surface area (TPSA) is 72.5 Å². The number of amides is 1. The summed E-state index contributed by atoms with van der Waals surface area (Å²) in [6, 6.07) is 7.94. The maximum absolute atomic E-state index is 13.2. The summed E-state index contributed by atoms with van der Waals surface area (Å²) >= 11 is 1.41. The van der Waals surface area contributed by atoms with E-state index in [1.807, 2.05) is 33.6 Å². The van der Waals surface area contributed by atoms with Gasteiger partial charge in [-0.15, -0.1) is 10.2 Å². The zero-order valence-corrected chi connectivity index (χ0v) is 19.3. The van der Waals surface area contributed by atoms with Gasteiger partial charge in [0.1, 0.15) is 0 Å². The Morgan fingerprint density at radius 3 is 2.81 bits per heavy atom. The molecule has 0 unspecified atom stereocenters. The normalized spacial score (nSPS) is 16.5. The van der Waals surface area contributed by atoms with E-state index in [0.717, 1.165) is 50.5 Å². The lowest BCUT2D eigenvalue weighted by Gasteiger charge is -2.27. The molecule has 168 valence electrons. The van der Waals surface area contributed by atoms with Gasteiger partial charge in [-0.3, -0.25) is 18.6 Å². The molecule has 0 atom stereocenters. The zero-order valence-electron chi connectivity index (χ0n) is 18.5. The lowest BCUT2D eigenvalue weighted by Crippen LogP contribution is -2.34. The average Bonchev–Trinajstić information content (AvgIpc) is 3.56. The van der Waals surface area contributed by atoms with E-state index in [-0.39, 0.29) is 11.5 Å². The Balaban J connectivity index is 1.47. The predicted molar refractivity (Wildman–Crippen MR) is 127 cm³/mol. The number of aromatic nitrogens is 4. The van der Waals surface area contributed by atoms with E-state index in [1.54, 1.807) is 4.57 Å². The maximum Gasteiger partial charge on any atom is 0.262 e. The number of hydrogen-bond donors (Lipinski definition) is 0. The largest absolute Gasteiger partial charge is 0.313 e. The van der Waals surface area contributed by atoms with E-state index in [4.69, 9.17) is 0 Å². The van der Waals surface area contributed by atoms with Crippen LogP contribution in [0.2, 0.25) is 0 Å². The fourth-order valence-electron chi connectivity index (χ4n) is 4.51. The van der Waals surface area contributed by atoms with Gasteiger partial charge < -0.3 is 4.90 Å². The number of fused-ring (bicyclic) bond motifs is 3. The Kier molecular flexibility index (Phi) is 6.04. The second-order valence-corrected chi connectivity index (χ2v) is 9.61. The molecule has 32 heavy (non-hydrogen) atoms. The van der Waals surface area contributed by atoms with E-state index in [9.17, 15) is 9.59 Å². The number of hydrogen-bond acceptors (Lipinski definition) is 5. The Morgan fingerprint density at radius 2 is 2.06 bits per heavy atom. The number of para-hydroxylation sites is 1. The third-order valence-corrected chi connectivity index (χ3v) is 7.21. The molecular formula is C24H29N5O2S. The molecule has 2 heterocycles. The number of nitrogens with zero attached hydrogens (tertiary/aromatic N) is 5. The van der Waals surface area contributed by atoms with Crippen molar-refractivity contribution in [1.29, 1.82) is 0 Å². The van der Waals surface area contributed by atoms with Gasteiger partial charge in [0.2, 0.25) is 11.7 Å². The van der Waals surface area contributed by atoms with E-state index in [2.05, 4.69) is 23.2 Å². The second kappa shape index (κ2) is 9.10. The standard InChI is InChI=1S/C24H29N5O2S/c1-2-3-15-27-22(31)19-11-7-8-12-20(19)29-23(27)25-26-24(29)32-16-21(30)28(18-13-14-18)17-9-5-4-6-10-17/h7-9,11-12,18H,2-6,10,13-16H2,1H3. The van der Waals surface area contributed by atoms with E-state index >= 15 is 0 Å². The molecule has 0 bridgehead atoms. The van der Waals surface area contributed by atoms with Crippen LogP contribution < -0.4 is 5.56 Å². The second-order valence-electron chi connectivity index (χ2n) is 8.67. The number of benzene rings is 1. The summed E-state index contributed by atoms with van der Waals surface area (Å²) in [5.41, 5.74) is 1.95. The molecule has 7 nitrogen and oxygen atoms in total. The smallest absolute Gasteiger partial charge is 0.262 e. The first-order valence-electron chi connectivity index (χ1n) is 11.7. The number of allylic oxidation sites excluding steroid dienone is 2. The molecular weight excluding hydrogens is 422 g/mol. The number of rotatable bonds is 8. The minimum atomic E-state index is -0.0364. The van der Waals surface area contributed by atoms with Crippen molar-refractivity contribution in [2.24, 2.45) is 0 Å². The zero-order chi connectivity index (χ0) is 22.1. The maximum atomic E-state index is 13.2. The minimum absolute atomic E-state index is 0.0364. The van der Waals surface area contributed by atoms with Crippen molar-refractivity contribution in [3.63, 3.8) is 0 Å². The first-order valence-corrected chi connectivity index (χ1v) is 12.7. The van der Waals surface area contributed by atoms with Crippen LogP contribution in [0.5, 0.6) is 0 Å². The molecule has 1 aromatic carbocycles. The monoisotopic (exact) mass is 451 g/mol. The molecule has 0 N–H and O–H groups in total. The number of carbonyl (C=O) groups is 1. The van der Waals surface area contributed by atoms with Crippen LogP contribution in [-0.4, -0.2) is 41.8 Å². The quantitative estimate of drug-likeness (QED) is 0.475. The van der Waals surface area contributed by atoms with Crippen molar-refractivity contribution in [3.8, 4) is 0 Å². The number of aryl methyl sites for hydroxylation is 1. The highest BCUT2D eigenvalue weighted by molar-refractivity contribution is 7.99. The van der Waals surface area contributed by atoms with Crippen LogP contribution in [0.3, 0.4) is 0 Å². The van der Waals surface area contributed by atoms with Crippen molar-refractivity contribution in [2.45, 2.75) is 76.0 Å². The molecule has 0 spiro atoms. The molecule has 2 aromatic heterocycles. The van der Waals surface area contributed by atoms with Crippen LogP contribution >= 0.6 is 11.8 Å². The summed E-state index contributed by atoms with van der Waals surface area (Å²) in [7, 11) is 0. The first kappa shape index (κ1) is 21.2. The summed E-state index contributed by atoms with van der Waals surface area (Å²) in [6.07, 6.45) is 10.7. The lowest BCUT2D eigenvalue weighted by atomic mass is 10.0. The fraction of sp³-hybridized carbons (Fsp3) is 0.500. The summed E-state index contributed by atoms with van der Waals surface area (Å²) in [5, 5.41) is 10.1. The number of carbonyl (C=O) groups excluding carboxylic acids is 1. The highest BCUT2D eigenvalue weighted by Gasteiger charge is 2.35. The minimum Gasteiger partial charge on any atom is -0.313 e. The van der Waals surface area contributed by atoms with E-state index < -0.39 is 0 Å². The van der Waals surface area contributed by atoms with Gasteiger partial charge in [-0.1, -0.05) is 43.3 Å². The van der Waals surface area contributed by atoms with Gasteiger partial charge in [-0.05, 0) is 57.1 Å². The van der Waals surface area contributed by atoms with Gasteiger partial charge in [0.25, 0.3) is 5.56 Å². The van der Waals surface area contributed by atoms with Gasteiger partial charge in [0.15, 0.2) is 5.16 Å². The van der Waals surface area contributed by atoms with Crippen molar-refractivity contribution >= 4 is 34.3 Å². The molecule has 1 saturated carbocycles. The molecule has 0 saturated heterocycles. The molecule has 0 radical (unpaired) electrons. The van der Waals surface area contributed by atoms with Crippen LogP contribution in [0.15, 0.2) is 46.0 Å².